The number of aromatic nitrogens is 1. The van der Waals surface area contributed by atoms with Gasteiger partial charge in [-0.05, 0) is 43.7 Å². The maximum Gasteiger partial charge on any atom is 0.304 e. The van der Waals surface area contributed by atoms with Crippen molar-refractivity contribution in [1.29, 1.82) is 0 Å². The van der Waals surface area contributed by atoms with Gasteiger partial charge in [0.25, 0.3) is 5.91 Å². The molecule has 6 nitrogen and oxygen atoms in total. The number of hydrogen-bond acceptors (Lipinski definition) is 5. The van der Waals surface area contributed by atoms with Gasteiger partial charge in [-0.15, -0.1) is 0 Å². The molecule has 0 aliphatic rings. The number of aliphatic carboxylic acids is 1. The van der Waals surface area contributed by atoms with Crippen molar-refractivity contribution in [2.45, 2.75) is 32.1 Å². The van der Waals surface area contributed by atoms with E-state index in [1.54, 1.807) is 36.2 Å². The van der Waals surface area contributed by atoms with Gasteiger partial charge in [0.2, 0.25) is 0 Å². The van der Waals surface area contributed by atoms with E-state index < -0.39 is 5.97 Å². The molecule has 138 valence electrons. The van der Waals surface area contributed by atoms with E-state index in [0.717, 1.165) is 5.56 Å². The van der Waals surface area contributed by atoms with Gasteiger partial charge in [0.05, 0.1) is 12.5 Å². The molecule has 26 heavy (non-hydrogen) atoms. The molecule has 0 aliphatic heterocycles. The third-order valence-electron chi connectivity index (χ3n) is 3.26. The van der Waals surface area contributed by atoms with Gasteiger partial charge in [0.1, 0.15) is 0 Å². The first-order chi connectivity index (χ1) is 12.5. The van der Waals surface area contributed by atoms with Crippen LogP contribution in [-0.2, 0) is 10.5 Å². The smallest absolute Gasteiger partial charge is 0.304 e. The minimum atomic E-state index is -0.798. The van der Waals surface area contributed by atoms with Crippen molar-refractivity contribution in [3.05, 3.63) is 53.9 Å². The lowest BCUT2D eigenvalue weighted by molar-refractivity contribution is -0.136. The highest BCUT2D eigenvalue weighted by Crippen LogP contribution is 2.21. The van der Waals surface area contributed by atoms with Crippen molar-refractivity contribution in [3.63, 3.8) is 0 Å². The van der Waals surface area contributed by atoms with Crippen LogP contribution in [0.5, 0.6) is 5.75 Å². The van der Waals surface area contributed by atoms with E-state index in [1.807, 2.05) is 32.0 Å². The van der Waals surface area contributed by atoms with Crippen LogP contribution in [0.3, 0.4) is 0 Å². The number of pyridine rings is 1. The lowest BCUT2D eigenvalue weighted by Crippen LogP contribution is -2.17. The Labute approximate surface area is 157 Å². The Kier molecular flexibility index (Phi) is 7.47. The quantitative estimate of drug-likeness (QED) is 0.649. The molecule has 0 atom stereocenters. The third-order valence-corrected chi connectivity index (χ3v) is 4.29. The molecule has 1 aromatic heterocycles. The maximum atomic E-state index is 12.5. The highest BCUT2D eigenvalue weighted by molar-refractivity contribution is 7.98. The van der Waals surface area contributed by atoms with Gasteiger partial charge in [0.15, 0.2) is 11.4 Å². The van der Waals surface area contributed by atoms with Crippen molar-refractivity contribution in [2.75, 3.05) is 11.1 Å². The zero-order valence-corrected chi connectivity index (χ0v) is 15.6. The van der Waals surface area contributed by atoms with E-state index in [0.29, 0.717) is 22.9 Å². The van der Waals surface area contributed by atoms with Crippen LogP contribution in [0, 0.1) is 0 Å². The van der Waals surface area contributed by atoms with Crippen LogP contribution in [0.1, 0.15) is 36.3 Å². The molecule has 1 amide bonds. The fraction of sp³-hybridized carbons (Fsp3) is 0.316. The van der Waals surface area contributed by atoms with Crippen molar-refractivity contribution in [2.24, 2.45) is 0 Å². The number of hydrogen-bond donors (Lipinski definition) is 2. The van der Waals surface area contributed by atoms with Crippen LogP contribution in [0.2, 0.25) is 0 Å². The average molecular weight is 374 g/mol. The van der Waals surface area contributed by atoms with Gasteiger partial charge in [-0.25, -0.2) is 4.98 Å². The molecular weight excluding hydrogens is 352 g/mol. The molecule has 0 radical (unpaired) electrons. The summed E-state index contributed by atoms with van der Waals surface area (Å²) in [6, 6.07) is 10.9. The fourth-order valence-corrected chi connectivity index (χ4v) is 3.07. The largest absolute Gasteiger partial charge is 0.489 e. The monoisotopic (exact) mass is 374 g/mol. The second-order valence-electron chi connectivity index (χ2n) is 5.87. The van der Waals surface area contributed by atoms with Gasteiger partial charge >= 0.3 is 5.97 Å². The van der Waals surface area contributed by atoms with E-state index in [4.69, 9.17) is 9.84 Å². The van der Waals surface area contributed by atoms with Gasteiger partial charge in [-0.3, -0.25) is 9.59 Å². The number of nitrogens with one attached hydrogen (secondary N) is 1. The van der Waals surface area contributed by atoms with Crippen LogP contribution in [0.4, 0.5) is 5.69 Å². The lowest BCUT2D eigenvalue weighted by Gasteiger charge is -2.13. The molecule has 0 bridgehead atoms. The number of carbonyl (C=O) groups excluding carboxylic acids is 1. The second-order valence-corrected chi connectivity index (χ2v) is 6.97. The second kappa shape index (κ2) is 9.82. The van der Waals surface area contributed by atoms with Crippen LogP contribution in [0.25, 0.3) is 0 Å². The van der Waals surface area contributed by atoms with Crippen LogP contribution >= 0.6 is 11.8 Å². The molecular formula is C19H22N2O4S. The standard InChI is InChI=1S/C19H22N2O4S/c1-13(2)25-16-7-4-9-20-18(16)19(24)21-15-6-3-5-14(11-15)12-26-10-8-17(22)23/h3-7,9,11,13H,8,10,12H2,1-2H3,(H,21,24)(H,22,23). The zero-order valence-electron chi connectivity index (χ0n) is 14.8. The Hall–Kier alpha value is -2.54. The summed E-state index contributed by atoms with van der Waals surface area (Å²) < 4.78 is 5.64. The average Bonchev–Trinajstić information content (AvgIpc) is 2.59. The Bertz CT molecular complexity index is 765. The number of rotatable bonds is 9. The summed E-state index contributed by atoms with van der Waals surface area (Å²) in [7, 11) is 0. The Morgan fingerprint density at radius 1 is 1.27 bits per heavy atom. The van der Waals surface area contributed by atoms with Crippen molar-refractivity contribution >= 4 is 29.3 Å². The number of carboxylic acid groups (broad SMARTS) is 1. The minimum Gasteiger partial charge on any atom is -0.489 e. The lowest BCUT2D eigenvalue weighted by atomic mass is 10.2. The topological polar surface area (TPSA) is 88.5 Å². The number of carboxylic acids is 1. The van der Waals surface area contributed by atoms with Gasteiger partial charge in [-0.1, -0.05) is 12.1 Å². The zero-order chi connectivity index (χ0) is 18.9. The molecule has 0 saturated heterocycles. The first kappa shape index (κ1) is 19.8. The summed E-state index contributed by atoms with van der Waals surface area (Å²) in [6.07, 6.45) is 1.63. The number of anilines is 1. The Balaban J connectivity index is 2.01. The fourth-order valence-electron chi connectivity index (χ4n) is 2.19. The number of ether oxygens (including phenoxy) is 1. The molecule has 7 heteroatoms. The summed E-state index contributed by atoms with van der Waals surface area (Å²) >= 11 is 1.54. The van der Waals surface area contributed by atoms with Gasteiger partial charge in [-0.2, -0.15) is 11.8 Å². The van der Waals surface area contributed by atoms with Gasteiger partial charge in [0, 0.05) is 23.4 Å². The first-order valence-electron chi connectivity index (χ1n) is 8.27. The molecule has 2 N–H and O–H groups in total. The summed E-state index contributed by atoms with van der Waals surface area (Å²) in [5, 5.41) is 11.5. The number of thioether (sulfide) groups is 1. The van der Waals surface area contributed by atoms with Gasteiger partial charge < -0.3 is 15.2 Å². The predicted octanol–water partition coefficient (Wildman–Crippen LogP) is 3.83. The summed E-state index contributed by atoms with van der Waals surface area (Å²) in [6.45, 7) is 3.78. The maximum absolute atomic E-state index is 12.5. The number of carbonyl (C=O) groups is 2. The molecule has 0 fully saturated rings. The van der Waals surface area contributed by atoms with E-state index in [9.17, 15) is 9.59 Å². The van der Waals surface area contributed by atoms with E-state index in [-0.39, 0.29) is 24.1 Å². The van der Waals surface area contributed by atoms with E-state index >= 15 is 0 Å². The molecule has 1 aromatic carbocycles. The molecule has 2 aromatic rings. The van der Waals surface area contributed by atoms with Crippen LogP contribution in [-0.4, -0.2) is 33.8 Å². The van der Waals surface area contributed by atoms with E-state index in [2.05, 4.69) is 10.3 Å². The van der Waals surface area contributed by atoms with Crippen LogP contribution in [0.15, 0.2) is 42.6 Å². The first-order valence-corrected chi connectivity index (χ1v) is 9.42. The molecule has 2 rings (SSSR count). The molecule has 0 aliphatic carbocycles. The molecule has 0 saturated carbocycles. The van der Waals surface area contributed by atoms with Crippen molar-refractivity contribution in [1.82, 2.24) is 4.98 Å². The molecule has 0 spiro atoms. The summed E-state index contributed by atoms with van der Waals surface area (Å²) in [5.41, 5.74) is 1.91. The highest BCUT2D eigenvalue weighted by atomic mass is 32.2. The number of benzene rings is 1. The van der Waals surface area contributed by atoms with E-state index in [1.165, 1.54) is 0 Å². The highest BCUT2D eigenvalue weighted by Gasteiger charge is 2.15. The molecule has 0 unspecified atom stereocenters. The number of nitrogens with zero attached hydrogens (tertiary/aromatic N) is 1. The van der Waals surface area contributed by atoms with Crippen molar-refractivity contribution < 1.29 is 19.4 Å². The Morgan fingerprint density at radius 3 is 2.81 bits per heavy atom. The SMILES string of the molecule is CC(C)Oc1cccnc1C(=O)Nc1cccc(CSCCC(=O)O)c1. The summed E-state index contributed by atoms with van der Waals surface area (Å²) in [4.78, 5) is 27.2. The summed E-state index contributed by atoms with van der Waals surface area (Å²) in [5.74, 6) is 0.545. The Morgan fingerprint density at radius 2 is 2.08 bits per heavy atom. The van der Waals surface area contributed by atoms with Crippen LogP contribution < -0.4 is 10.1 Å². The predicted molar refractivity (Wildman–Crippen MR) is 103 cm³/mol. The van der Waals surface area contributed by atoms with Crippen molar-refractivity contribution in [3.8, 4) is 5.75 Å². The molecule has 1 heterocycles. The normalized spacial score (nSPS) is 10.6. The minimum absolute atomic E-state index is 0.0584. The third kappa shape index (κ3) is 6.40. The number of amides is 1.